The molecule has 0 spiro atoms. The first-order chi connectivity index (χ1) is 16.8. The standard InChI is InChI=1S/C26H46N4O5.ClH/c1-4-34-23(31)10-17-30-18-13-28-26(25(30)33,19-24(32)35-20(2)3)22-8-15-29(16-9-22)14-7-21-5-11-27-12-6-21;/h20-22,27-28H,4-19H2,1-3H3;1H/t26-;/m0./s1. The van der Waals surface area contributed by atoms with Crippen LogP contribution < -0.4 is 10.6 Å². The fourth-order valence-electron chi connectivity index (χ4n) is 5.86. The Bertz CT molecular complexity index is 710. The van der Waals surface area contributed by atoms with Crippen LogP contribution in [0.3, 0.4) is 0 Å². The van der Waals surface area contributed by atoms with Crippen molar-refractivity contribution in [2.75, 3.05) is 59.0 Å². The van der Waals surface area contributed by atoms with E-state index in [0.29, 0.717) is 26.2 Å². The SMILES string of the molecule is CCOC(=O)CCN1CCN[C@@](CC(=O)OC(C)C)(C2CCN(CCC3CCNCC3)CC2)C1=O.Cl. The zero-order chi connectivity index (χ0) is 25.3. The molecule has 0 bridgehead atoms. The Hall–Kier alpha value is -1.42. The molecule has 0 aromatic heterocycles. The molecule has 3 aliphatic rings. The third-order valence-electron chi connectivity index (χ3n) is 7.77. The highest BCUT2D eigenvalue weighted by atomic mass is 35.5. The number of piperazine rings is 1. The van der Waals surface area contributed by atoms with E-state index in [-0.39, 0.29) is 55.1 Å². The summed E-state index contributed by atoms with van der Waals surface area (Å²) >= 11 is 0. The Balaban J connectivity index is 0.00000456. The van der Waals surface area contributed by atoms with Crippen LogP contribution in [0.4, 0.5) is 0 Å². The second-order valence-corrected chi connectivity index (χ2v) is 10.6. The van der Waals surface area contributed by atoms with E-state index in [1.54, 1.807) is 11.8 Å². The number of likely N-dealkylation sites (tertiary alicyclic amines) is 1. The number of nitrogens with one attached hydrogen (secondary N) is 2. The molecular weight excluding hydrogens is 484 g/mol. The molecule has 0 radical (unpaired) electrons. The third-order valence-corrected chi connectivity index (χ3v) is 7.77. The van der Waals surface area contributed by atoms with Gasteiger partial charge in [-0.15, -0.1) is 12.4 Å². The van der Waals surface area contributed by atoms with Gasteiger partial charge in [0.25, 0.3) is 0 Å². The average molecular weight is 531 g/mol. The number of carbonyl (C=O) groups is 3. The van der Waals surface area contributed by atoms with Gasteiger partial charge in [-0.2, -0.15) is 0 Å². The number of piperidine rings is 2. The van der Waals surface area contributed by atoms with Crippen LogP contribution in [-0.2, 0) is 23.9 Å². The average Bonchev–Trinajstić information content (AvgIpc) is 2.84. The summed E-state index contributed by atoms with van der Waals surface area (Å²) in [5.74, 6) is 0.130. The lowest BCUT2D eigenvalue weighted by Gasteiger charge is -2.49. The van der Waals surface area contributed by atoms with Gasteiger partial charge in [0.1, 0.15) is 5.54 Å². The van der Waals surface area contributed by atoms with Crippen molar-refractivity contribution < 1.29 is 23.9 Å². The quantitative estimate of drug-likeness (QED) is 0.391. The molecule has 0 aromatic carbocycles. The first kappa shape index (κ1) is 30.8. The second kappa shape index (κ2) is 15.1. The molecule has 0 aromatic rings. The number of ether oxygens (including phenoxy) is 2. The smallest absolute Gasteiger partial charge is 0.308 e. The van der Waals surface area contributed by atoms with E-state index in [0.717, 1.165) is 51.5 Å². The van der Waals surface area contributed by atoms with Crippen molar-refractivity contribution in [3.05, 3.63) is 0 Å². The second-order valence-electron chi connectivity index (χ2n) is 10.6. The zero-order valence-electron chi connectivity index (χ0n) is 22.4. The molecule has 2 N–H and O–H groups in total. The molecule has 3 saturated heterocycles. The molecule has 3 fully saturated rings. The predicted octanol–water partition coefficient (Wildman–Crippen LogP) is 1.98. The first-order valence-electron chi connectivity index (χ1n) is 13.7. The largest absolute Gasteiger partial charge is 0.466 e. The summed E-state index contributed by atoms with van der Waals surface area (Å²) in [4.78, 5) is 42.8. The van der Waals surface area contributed by atoms with Crippen molar-refractivity contribution in [2.24, 2.45) is 11.8 Å². The summed E-state index contributed by atoms with van der Waals surface area (Å²) < 4.78 is 10.5. The van der Waals surface area contributed by atoms with Gasteiger partial charge in [0.2, 0.25) is 5.91 Å². The number of rotatable bonds is 11. The van der Waals surface area contributed by atoms with Crippen LogP contribution >= 0.6 is 12.4 Å². The summed E-state index contributed by atoms with van der Waals surface area (Å²) in [6.07, 6.45) is 5.46. The van der Waals surface area contributed by atoms with Gasteiger partial charge in [-0.1, -0.05) is 0 Å². The van der Waals surface area contributed by atoms with E-state index in [4.69, 9.17) is 9.47 Å². The molecule has 3 heterocycles. The van der Waals surface area contributed by atoms with E-state index >= 15 is 0 Å². The van der Waals surface area contributed by atoms with Gasteiger partial charge >= 0.3 is 11.9 Å². The van der Waals surface area contributed by atoms with Gasteiger partial charge in [0, 0.05) is 19.6 Å². The molecule has 1 amide bonds. The maximum atomic E-state index is 13.8. The Kier molecular flexibility index (Phi) is 12.9. The van der Waals surface area contributed by atoms with Gasteiger partial charge in [-0.05, 0) is 97.4 Å². The highest BCUT2D eigenvalue weighted by Crippen LogP contribution is 2.35. The molecule has 208 valence electrons. The number of hydrogen-bond acceptors (Lipinski definition) is 8. The lowest BCUT2D eigenvalue weighted by molar-refractivity contribution is -0.159. The highest BCUT2D eigenvalue weighted by molar-refractivity contribution is 5.92. The molecule has 3 aliphatic heterocycles. The first-order valence-corrected chi connectivity index (χ1v) is 13.7. The van der Waals surface area contributed by atoms with Gasteiger partial charge in [0.05, 0.1) is 25.6 Å². The van der Waals surface area contributed by atoms with Crippen molar-refractivity contribution in [1.82, 2.24) is 20.4 Å². The van der Waals surface area contributed by atoms with E-state index < -0.39 is 5.54 Å². The number of amides is 1. The lowest BCUT2D eigenvalue weighted by Crippen LogP contribution is -2.69. The van der Waals surface area contributed by atoms with E-state index in [1.165, 1.54) is 19.3 Å². The summed E-state index contributed by atoms with van der Waals surface area (Å²) in [7, 11) is 0. The zero-order valence-corrected chi connectivity index (χ0v) is 23.2. The predicted molar refractivity (Wildman–Crippen MR) is 141 cm³/mol. The van der Waals surface area contributed by atoms with Crippen LogP contribution in [0.1, 0.15) is 65.7 Å². The van der Waals surface area contributed by atoms with Gasteiger partial charge in [-0.3, -0.25) is 14.4 Å². The maximum absolute atomic E-state index is 13.8. The molecule has 0 saturated carbocycles. The summed E-state index contributed by atoms with van der Waals surface area (Å²) in [6.45, 7) is 12.4. The number of carbonyl (C=O) groups excluding carboxylic acids is 3. The monoisotopic (exact) mass is 530 g/mol. The van der Waals surface area contributed by atoms with Crippen LogP contribution in [0, 0.1) is 11.8 Å². The lowest BCUT2D eigenvalue weighted by atomic mass is 9.73. The Labute approximate surface area is 222 Å². The summed E-state index contributed by atoms with van der Waals surface area (Å²) in [6, 6.07) is 0. The fourth-order valence-corrected chi connectivity index (χ4v) is 5.86. The van der Waals surface area contributed by atoms with E-state index in [1.807, 2.05) is 13.8 Å². The normalized spacial score (nSPS) is 24.4. The number of halogens is 1. The Morgan fingerprint density at radius 1 is 1.03 bits per heavy atom. The number of esters is 2. The van der Waals surface area contributed by atoms with Crippen LogP contribution in [0.15, 0.2) is 0 Å². The van der Waals surface area contributed by atoms with E-state index in [9.17, 15) is 14.4 Å². The number of nitrogens with zero attached hydrogens (tertiary/aromatic N) is 2. The van der Waals surface area contributed by atoms with Crippen molar-refractivity contribution in [3.8, 4) is 0 Å². The molecule has 0 unspecified atom stereocenters. The molecule has 3 rings (SSSR count). The molecule has 9 nitrogen and oxygen atoms in total. The van der Waals surface area contributed by atoms with Crippen molar-refractivity contribution in [1.29, 1.82) is 0 Å². The molecule has 0 aliphatic carbocycles. The molecule has 1 atom stereocenters. The Morgan fingerprint density at radius 2 is 1.72 bits per heavy atom. The van der Waals surface area contributed by atoms with Crippen molar-refractivity contribution in [3.63, 3.8) is 0 Å². The van der Waals surface area contributed by atoms with Crippen LogP contribution in [0.5, 0.6) is 0 Å². The van der Waals surface area contributed by atoms with Crippen molar-refractivity contribution in [2.45, 2.75) is 77.4 Å². The van der Waals surface area contributed by atoms with Crippen molar-refractivity contribution >= 4 is 30.3 Å². The Morgan fingerprint density at radius 3 is 2.36 bits per heavy atom. The van der Waals surface area contributed by atoms with E-state index in [2.05, 4.69) is 15.5 Å². The topological polar surface area (TPSA) is 100 Å². The fraction of sp³-hybridized carbons (Fsp3) is 0.885. The summed E-state index contributed by atoms with van der Waals surface area (Å²) in [5, 5.41) is 6.90. The third kappa shape index (κ3) is 8.57. The minimum atomic E-state index is -0.972. The molecule has 36 heavy (non-hydrogen) atoms. The highest BCUT2D eigenvalue weighted by Gasteiger charge is 2.51. The number of hydrogen-bond donors (Lipinski definition) is 2. The summed E-state index contributed by atoms with van der Waals surface area (Å²) in [5.41, 5.74) is -0.972. The van der Waals surface area contributed by atoms with Gasteiger partial charge in [-0.25, -0.2) is 0 Å². The van der Waals surface area contributed by atoms with Crippen LogP contribution in [0.25, 0.3) is 0 Å². The molecule has 10 heteroatoms. The van der Waals surface area contributed by atoms with Gasteiger partial charge in [0.15, 0.2) is 0 Å². The van der Waals surface area contributed by atoms with Crippen LogP contribution in [0.2, 0.25) is 0 Å². The maximum Gasteiger partial charge on any atom is 0.308 e. The minimum Gasteiger partial charge on any atom is -0.466 e. The van der Waals surface area contributed by atoms with Gasteiger partial charge < -0.3 is 29.9 Å². The minimum absolute atomic E-state index is 0. The van der Waals surface area contributed by atoms with Crippen LogP contribution in [-0.4, -0.2) is 98.3 Å². The molecular formula is C26H47ClN4O5.